The van der Waals surface area contributed by atoms with Crippen LogP contribution in [0.15, 0.2) is 42.5 Å². The second-order valence-electron chi connectivity index (χ2n) is 6.22. The molecular formula is C19H17F3N2O4. The molecule has 0 fully saturated rings. The number of rotatable bonds is 5. The third-order valence-electron chi connectivity index (χ3n) is 3.92. The third-order valence-corrected chi connectivity index (χ3v) is 3.92. The summed E-state index contributed by atoms with van der Waals surface area (Å²) in [4.78, 5) is 24.0. The molecule has 0 saturated carbocycles. The third kappa shape index (κ3) is 5.01. The van der Waals surface area contributed by atoms with Crippen LogP contribution in [0.5, 0.6) is 5.75 Å². The van der Waals surface area contributed by atoms with Crippen LogP contribution in [0.25, 0.3) is 0 Å². The maximum atomic E-state index is 12.3. The summed E-state index contributed by atoms with van der Waals surface area (Å²) in [7, 11) is 0. The summed E-state index contributed by atoms with van der Waals surface area (Å²) in [6.07, 6.45) is -4.97. The normalized spacial score (nSPS) is 16.0. The number of amides is 2. The number of carbonyl (C=O) groups is 2. The van der Waals surface area contributed by atoms with Crippen molar-refractivity contribution in [3.63, 3.8) is 0 Å². The molecule has 148 valence electrons. The van der Waals surface area contributed by atoms with E-state index >= 15 is 0 Å². The number of ether oxygens (including phenoxy) is 2. The molecule has 2 aromatic rings. The van der Waals surface area contributed by atoms with Crippen molar-refractivity contribution < 1.29 is 32.2 Å². The van der Waals surface area contributed by atoms with Crippen LogP contribution in [-0.4, -0.2) is 30.7 Å². The van der Waals surface area contributed by atoms with Crippen molar-refractivity contribution in [2.24, 2.45) is 0 Å². The summed E-state index contributed by atoms with van der Waals surface area (Å²) >= 11 is 0. The molecule has 2 amide bonds. The highest BCUT2D eigenvalue weighted by Gasteiger charge is 2.27. The Morgan fingerprint density at radius 2 is 1.93 bits per heavy atom. The first kappa shape index (κ1) is 19.7. The average Bonchev–Trinajstić information content (AvgIpc) is 2.62. The van der Waals surface area contributed by atoms with Gasteiger partial charge in [-0.1, -0.05) is 12.1 Å². The Morgan fingerprint density at radius 3 is 2.61 bits per heavy atom. The number of benzene rings is 2. The topological polar surface area (TPSA) is 76.7 Å². The second kappa shape index (κ2) is 7.89. The minimum atomic E-state index is -4.38. The summed E-state index contributed by atoms with van der Waals surface area (Å²) < 4.78 is 46.2. The molecule has 28 heavy (non-hydrogen) atoms. The molecule has 2 aromatic carbocycles. The minimum absolute atomic E-state index is 0.204. The van der Waals surface area contributed by atoms with Gasteiger partial charge in [0.1, 0.15) is 12.4 Å². The quantitative estimate of drug-likeness (QED) is 0.810. The summed E-state index contributed by atoms with van der Waals surface area (Å²) in [5, 5.41) is 5.38. The van der Waals surface area contributed by atoms with Crippen molar-refractivity contribution in [2.75, 3.05) is 17.2 Å². The predicted molar refractivity (Wildman–Crippen MR) is 95.3 cm³/mol. The van der Waals surface area contributed by atoms with Gasteiger partial charge in [-0.15, -0.1) is 0 Å². The van der Waals surface area contributed by atoms with Crippen LogP contribution in [0.2, 0.25) is 0 Å². The van der Waals surface area contributed by atoms with Crippen LogP contribution in [-0.2, 0) is 16.1 Å². The van der Waals surface area contributed by atoms with Gasteiger partial charge in [0.05, 0.1) is 12.3 Å². The Labute approximate surface area is 158 Å². The van der Waals surface area contributed by atoms with E-state index in [0.29, 0.717) is 28.3 Å². The number of hydrogen-bond acceptors (Lipinski definition) is 4. The van der Waals surface area contributed by atoms with E-state index in [1.165, 1.54) is 24.3 Å². The molecule has 1 unspecified atom stereocenters. The molecule has 1 atom stereocenters. The summed E-state index contributed by atoms with van der Waals surface area (Å²) in [6, 6.07) is 10.9. The van der Waals surface area contributed by atoms with E-state index in [4.69, 9.17) is 4.74 Å². The highest BCUT2D eigenvalue weighted by Crippen LogP contribution is 2.32. The van der Waals surface area contributed by atoms with E-state index in [0.717, 1.165) is 0 Å². The molecule has 0 spiro atoms. The molecule has 0 radical (unpaired) electrons. The van der Waals surface area contributed by atoms with Gasteiger partial charge in [-0.2, -0.15) is 13.2 Å². The fraction of sp³-hybridized carbons (Fsp3) is 0.263. The largest absolute Gasteiger partial charge is 0.479 e. The van der Waals surface area contributed by atoms with Crippen molar-refractivity contribution in [2.45, 2.75) is 25.8 Å². The molecule has 0 bridgehead atoms. The Balaban J connectivity index is 1.60. The molecule has 3 rings (SSSR count). The molecular weight excluding hydrogens is 377 g/mol. The molecule has 2 N–H and O–H groups in total. The van der Waals surface area contributed by atoms with Crippen LogP contribution >= 0.6 is 0 Å². The van der Waals surface area contributed by atoms with E-state index in [2.05, 4.69) is 15.4 Å². The van der Waals surface area contributed by atoms with E-state index in [-0.39, 0.29) is 12.5 Å². The van der Waals surface area contributed by atoms with Crippen molar-refractivity contribution in [3.8, 4) is 5.75 Å². The summed E-state index contributed by atoms with van der Waals surface area (Å²) in [5.74, 6) is -0.174. The van der Waals surface area contributed by atoms with Crippen LogP contribution < -0.4 is 15.4 Å². The Bertz CT molecular complexity index is 882. The number of nitrogens with one attached hydrogen (secondary N) is 2. The lowest BCUT2D eigenvalue weighted by Crippen LogP contribution is -2.34. The lowest BCUT2D eigenvalue weighted by Gasteiger charge is -2.23. The van der Waals surface area contributed by atoms with Crippen molar-refractivity contribution >= 4 is 23.2 Å². The smallest absolute Gasteiger partial charge is 0.411 e. The summed E-state index contributed by atoms with van der Waals surface area (Å²) in [5.41, 5.74) is 1.76. The van der Waals surface area contributed by atoms with Gasteiger partial charge in [-0.25, -0.2) is 0 Å². The number of carbonyl (C=O) groups excluding carboxylic acids is 2. The van der Waals surface area contributed by atoms with Crippen LogP contribution in [0.4, 0.5) is 24.5 Å². The highest BCUT2D eigenvalue weighted by atomic mass is 19.4. The lowest BCUT2D eigenvalue weighted by atomic mass is 10.1. The van der Waals surface area contributed by atoms with E-state index in [1.807, 2.05) is 0 Å². The first-order valence-corrected chi connectivity index (χ1v) is 8.37. The fourth-order valence-electron chi connectivity index (χ4n) is 2.53. The fourth-order valence-corrected chi connectivity index (χ4v) is 2.53. The van der Waals surface area contributed by atoms with Gasteiger partial charge in [-0.05, 0) is 42.8 Å². The van der Waals surface area contributed by atoms with E-state index in [1.54, 1.807) is 25.1 Å². The molecule has 0 aliphatic carbocycles. The second-order valence-corrected chi connectivity index (χ2v) is 6.22. The summed E-state index contributed by atoms with van der Waals surface area (Å²) in [6.45, 7) is 0.0999. The van der Waals surface area contributed by atoms with E-state index in [9.17, 15) is 22.8 Å². The monoisotopic (exact) mass is 394 g/mol. The SMILES string of the molecule is CC1Oc2ccc(NC(=O)c3ccc(COCC(F)(F)F)cc3)cc2NC1=O. The number of fused-ring (bicyclic) bond motifs is 1. The number of hydrogen-bond donors (Lipinski definition) is 2. The maximum absolute atomic E-state index is 12.3. The van der Waals surface area contributed by atoms with Crippen molar-refractivity contribution in [1.82, 2.24) is 0 Å². The van der Waals surface area contributed by atoms with Gasteiger partial charge >= 0.3 is 6.18 Å². The highest BCUT2D eigenvalue weighted by molar-refractivity contribution is 6.05. The molecule has 1 heterocycles. The van der Waals surface area contributed by atoms with Crippen LogP contribution in [0.3, 0.4) is 0 Å². The Morgan fingerprint density at radius 1 is 1.21 bits per heavy atom. The van der Waals surface area contributed by atoms with Gasteiger partial charge in [0, 0.05) is 11.3 Å². The van der Waals surface area contributed by atoms with E-state index < -0.39 is 24.8 Å². The number of halogens is 3. The molecule has 9 heteroatoms. The zero-order valence-corrected chi connectivity index (χ0v) is 14.8. The van der Waals surface area contributed by atoms with Crippen molar-refractivity contribution in [1.29, 1.82) is 0 Å². The zero-order valence-electron chi connectivity index (χ0n) is 14.8. The number of anilines is 2. The minimum Gasteiger partial charge on any atom is -0.479 e. The lowest BCUT2D eigenvalue weighted by molar-refractivity contribution is -0.176. The Kier molecular flexibility index (Phi) is 5.55. The molecule has 1 aliphatic heterocycles. The van der Waals surface area contributed by atoms with Gasteiger partial charge in [0.15, 0.2) is 6.10 Å². The molecule has 1 aliphatic rings. The Hall–Kier alpha value is -3.07. The zero-order chi connectivity index (χ0) is 20.3. The van der Waals surface area contributed by atoms with Crippen LogP contribution in [0.1, 0.15) is 22.8 Å². The number of alkyl halides is 3. The molecule has 0 aromatic heterocycles. The standard InChI is InChI=1S/C19H17F3N2O4/c1-11-17(25)24-15-8-14(6-7-16(15)28-11)23-18(26)13-4-2-12(3-5-13)9-27-10-19(20,21)22/h2-8,11H,9-10H2,1H3,(H,23,26)(H,24,25). The molecule has 0 saturated heterocycles. The maximum Gasteiger partial charge on any atom is 0.411 e. The first-order valence-electron chi connectivity index (χ1n) is 8.37. The first-order chi connectivity index (χ1) is 13.2. The van der Waals surface area contributed by atoms with Gasteiger partial charge in [-0.3, -0.25) is 9.59 Å². The predicted octanol–water partition coefficient (Wildman–Crippen LogP) is 3.74. The van der Waals surface area contributed by atoms with Crippen LogP contribution in [0, 0.1) is 0 Å². The van der Waals surface area contributed by atoms with Gasteiger partial charge < -0.3 is 20.1 Å². The van der Waals surface area contributed by atoms with Gasteiger partial charge in [0.2, 0.25) is 0 Å². The van der Waals surface area contributed by atoms with Crippen molar-refractivity contribution in [3.05, 3.63) is 53.6 Å². The molecule has 6 nitrogen and oxygen atoms in total. The van der Waals surface area contributed by atoms with Gasteiger partial charge in [0.25, 0.3) is 11.8 Å². The average molecular weight is 394 g/mol.